The SMILES string of the molecule is COC(=O)C(C)Oc1ccc(C)cc1[CH]=[Ru]([Cl])[Cl]. The van der Waals surface area contributed by atoms with Crippen LogP contribution in [-0.4, -0.2) is 23.8 Å². The van der Waals surface area contributed by atoms with E-state index in [0.29, 0.717) is 5.75 Å². The van der Waals surface area contributed by atoms with Gasteiger partial charge in [0.15, 0.2) is 0 Å². The van der Waals surface area contributed by atoms with Crippen molar-refractivity contribution in [2.75, 3.05) is 7.11 Å². The van der Waals surface area contributed by atoms with Crippen LogP contribution in [0.25, 0.3) is 0 Å². The second-order valence-corrected chi connectivity index (χ2v) is 9.36. The van der Waals surface area contributed by atoms with Crippen molar-refractivity contribution in [2.24, 2.45) is 0 Å². The first-order valence-corrected chi connectivity index (χ1v) is 10.6. The fourth-order valence-corrected chi connectivity index (χ4v) is 3.13. The molecule has 0 radical (unpaired) electrons. The first kappa shape index (κ1) is 15.6. The van der Waals surface area contributed by atoms with Gasteiger partial charge in [-0.05, 0) is 0 Å². The molecule has 1 aromatic rings. The van der Waals surface area contributed by atoms with Crippen molar-refractivity contribution >= 4 is 30.0 Å². The summed E-state index contributed by atoms with van der Waals surface area (Å²) in [6, 6.07) is 5.62. The molecule has 0 aromatic heterocycles. The topological polar surface area (TPSA) is 35.5 Å². The van der Waals surface area contributed by atoms with Crippen LogP contribution >= 0.6 is 19.4 Å². The molecule has 0 amide bonds. The molecule has 3 nitrogen and oxygen atoms in total. The molecule has 1 rings (SSSR count). The van der Waals surface area contributed by atoms with E-state index in [9.17, 15) is 4.79 Å². The second kappa shape index (κ2) is 7.23. The van der Waals surface area contributed by atoms with Gasteiger partial charge in [-0.15, -0.1) is 0 Å². The van der Waals surface area contributed by atoms with Gasteiger partial charge in [-0.25, -0.2) is 0 Å². The van der Waals surface area contributed by atoms with Crippen molar-refractivity contribution in [3.05, 3.63) is 29.3 Å². The minimum absolute atomic E-state index is 0.424. The molecule has 6 heteroatoms. The predicted molar refractivity (Wildman–Crippen MR) is 70.2 cm³/mol. The van der Waals surface area contributed by atoms with E-state index in [0.717, 1.165) is 11.1 Å². The normalized spacial score (nSPS) is 12.6. The van der Waals surface area contributed by atoms with Crippen molar-refractivity contribution in [3.8, 4) is 5.75 Å². The molecule has 1 unspecified atom stereocenters. The molecule has 102 valence electrons. The number of aryl methyl sites for hydroxylation is 1. The number of halogens is 2. The van der Waals surface area contributed by atoms with Crippen LogP contribution in [-0.2, 0) is 23.0 Å². The van der Waals surface area contributed by atoms with Gasteiger partial charge in [-0.1, -0.05) is 0 Å². The van der Waals surface area contributed by atoms with Crippen molar-refractivity contribution < 1.29 is 27.8 Å². The Morgan fingerprint density at radius 1 is 1.44 bits per heavy atom. The summed E-state index contributed by atoms with van der Waals surface area (Å²) in [5, 5.41) is 0. The third-order valence-corrected chi connectivity index (χ3v) is 4.02. The van der Waals surface area contributed by atoms with E-state index >= 15 is 0 Å². The zero-order chi connectivity index (χ0) is 13.7. The van der Waals surface area contributed by atoms with Gasteiger partial charge < -0.3 is 0 Å². The molecule has 0 aliphatic rings. The summed E-state index contributed by atoms with van der Waals surface area (Å²) >= 11 is -1.94. The Balaban J connectivity index is 3.01. The van der Waals surface area contributed by atoms with Gasteiger partial charge in [0.05, 0.1) is 0 Å². The fraction of sp³-hybridized carbons (Fsp3) is 0.333. The molecular weight excluding hydrogens is 364 g/mol. The zero-order valence-corrected chi connectivity index (χ0v) is 13.5. The van der Waals surface area contributed by atoms with Gasteiger partial charge in [0.1, 0.15) is 0 Å². The van der Waals surface area contributed by atoms with Crippen LogP contribution in [0.1, 0.15) is 18.1 Å². The van der Waals surface area contributed by atoms with Crippen molar-refractivity contribution in [3.63, 3.8) is 0 Å². The zero-order valence-electron chi connectivity index (χ0n) is 10.2. The van der Waals surface area contributed by atoms with Gasteiger partial charge in [0.25, 0.3) is 0 Å². The summed E-state index contributed by atoms with van der Waals surface area (Å²) in [6.07, 6.45) is -0.670. The summed E-state index contributed by atoms with van der Waals surface area (Å²) in [5.41, 5.74) is 1.89. The summed E-state index contributed by atoms with van der Waals surface area (Å²) in [7, 11) is 13.1. The molecule has 0 spiro atoms. The summed E-state index contributed by atoms with van der Waals surface area (Å²) in [4.78, 5) is 11.3. The molecule has 1 aromatic carbocycles. The summed E-state index contributed by atoms with van der Waals surface area (Å²) in [6.45, 7) is 3.59. The molecule has 0 saturated heterocycles. The van der Waals surface area contributed by atoms with E-state index in [-0.39, 0.29) is 0 Å². The molecule has 0 aliphatic heterocycles. The average molecular weight is 378 g/mol. The molecular formula is C12H14Cl2O3Ru. The van der Waals surface area contributed by atoms with Crippen molar-refractivity contribution in [1.82, 2.24) is 0 Å². The standard InChI is InChI=1S/C12H14O3.2ClH.Ru/c1-8-5-6-11(9(2)7-8)15-10(3)12(13)14-4;;;/h2,5-7,10H,1,3-4H3;2*1H;/q;;;+2/p-2. The number of carbonyl (C=O) groups is 1. The minimum atomic E-state index is -1.94. The monoisotopic (exact) mass is 378 g/mol. The molecule has 0 bridgehead atoms. The van der Waals surface area contributed by atoms with E-state index < -0.39 is 25.6 Å². The van der Waals surface area contributed by atoms with Crippen molar-refractivity contribution in [1.29, 1.82) is 0 Å². The fourth-order valence-electron chi connectivity index (χ4n) is 1.34. The van der Waals surface area contributed by atoms with Crippen LogP contribution in [0, 0.1) is 6.92 Å². The number of carbonyl (C=O) groups excluding carboxylic acids is 1. The maximum absolute atomic E-state index is 11.3. The Morgan fingerprint density at radius 3 is 2.67 bits per heavy atom. The van der Waals surface area contributed by atoms with E-state index in [4.69, 9.17) is 24.1 Å². The number of hydrogen-bond donors (Lipinski definition) is 0. The Labute approximate surface area is 119 Å². The van der Waals surface area contributed by atoms with Crippen LogP contribution in [0.5, 0.6) is 5.75 Å². The maximum atomic E-state index is 11.3. The van der Waals surface area contributed by atoms with E-state index in [1.807, 2.05) is 19.1 Å². The van der Waals surface area contributed by atoms with Gasteiger partial charge in [-0.2, -0.15) is 0 Å². The van der Waals surface area contributed by atoms with E-state index in [2.05, 4.69) is 4.74 Å². The summed E-state index contributed by atoms with van der Waals surface area (Å²) < 4.78 is 12.0. The number of benzene rings is 1. The quantitative estimate of drug-likeness (QED) is 0.597. The Kier molecular flexibility index (Phi) is 6.27. The molecule has 18 heavy (non-hydrogen) atoms. The predicted octanol–water partition coefficient (Wildman–Crippen LogP) is 3.01. The third kappa shape index (κ3) is 4.68. The van der Waals surface area contributed by atoms with Crippen LogP contribution in [0.4, 0.5) is 0 Å². The molecule has 0 N–H and O–H groups in total. The number of rotatable bonds is 4. The van der Waals surface area contributed by atoms with Gasteiger partial charge in [0, 0.05) is 0 Å². The first-order valence-electron chi connectivity index (χ1n) is 5.12. The first-order chi connectivity index (χ1) is 8.43. The number of hydrogen-bond acceptors (Lipinski definition) is 3. The van der Waals surface area contributed by atoms with E-state index in [1.54, 1.807) is 17.6 Å². The summed E-state index contributed by atoms with van der Waals surface area (Å²) in [5.74, 6) is 0.158. The average Bonchev–Trinajstić information content (AvgIpc) is 2.30. The third-order valence-electron chi connectivity index (χ3n) is 2.19. The molecule has 0 aliphatic carbocycles. The van der Waals surface area contributed by atoms with Crippen LogP contribution < -0.4 is 4.74 Å². The second-order valence-electron chi connectivity index (χ2n) is 3.63. The van der Waals surface area contributed by atoms with Crippen LogP contribution in [0.15, 0.2) is 18.2 Å². The Hall–Kier alpha value is -0.437. The Morgan fingerprint density at radius 2 is 2.11 bits per heavy atom. The van der Waals surface area contributed by atoms with Gasteiger partial charge >= 0.3 is 120 Å². The Bertz CT molecular complexity index is 470. The number of esters is 1. The van der Waals surface area contributed by atoms with Gasteiger partial charge in [-0.3, -0.25) is 0 Å². The van der Waals surface area contributed by atoms with Crippen molar-refractivity contribution in [2.45, 2.75) is 20.0 Å². The molecule has 0 saturated carbocycles. The molecule has 0 heterocycles. The van der Waals surface area contributed by atoms with Gasteiger partial charge in [0.2, 0.25) is 0 Å². The molecule has 1 atom stereocenters. The molecule has 0 fully saturated rings. The van der Waals surface area contributed by atoms with Crippen LogP contribution in [0.3, 0.4) is 0 Å². The number of methoxy groups -OCH3 is 1. The van der Waals surface area contributed by atoms with Crippen LogP contribution in [0.2, 0.25) is 0 Å². The van der Waals surface area contributed by atoms with E-state index in [1.165, 1.54) is 7.11 Å². The number of ether oxygens (including phenoxy) is 2.